The largest absolute Gasteiger partial charge is 0.455 e. The summed E-state index contributed by atoms with van der Waals surface area (Å²) in [6.45, 7) is 0. The summed E-state index contributed by atoms with van der Waals surface area (Å²) in [5.74, 6) is 0.0631. The number of fused-ring (bicyclic) bond motifs is 6. The van der Waals surface area contributed by atoms with E-state index >= 15 is 0 Å². The van der Waals surface area contributed by atoms with Crippen molar-refractivity contribution in [1.29, 1.82) is 0 Å². The summed E-state index contributed by atoms with van der Waals surface area (Å²) in [6.07, 6.45) is 0. The summed E-state index contributed by atoms with van der Waals surface area (Å²) < 4.78 is 168. The molecule has 0 aliphatic carbocycles. The van der Waals surface area contributed by atoms with Gasteiger partial charge in [0, 0.05) is 22.1 Å². The van der Waals surface area contributed by atoms with E-state index in [-0.39, 0.29) is 49.8 Å². The second-order valence-corrected chi connectivity index (χ2v) is 11.5. The van der Waals surface area contributed by atoms with E-state index in [1.807, 2.05) is 54.6 Å². The summed E-state index contributed by atoms with van der Waals surface area (Å²) in [5, 5.41) is 1.72. The summed E-state index contributed by atoms with van der Waals surface area (Å²) in [6, 6.07) is 8.64. The smallest absolute Gasteiger partial charge is 0.143 e. The van der Waals surface area contributed by atoms with Crippen LogP contribution in [0.1, 0.15) is 24.7 Å². The summed E-state index contributed by atoms with van der Waals surface area (Å²) in [5.41, 5.74) is -0.647. The third kappa shape index (κ3) is 4.33. The molecule has 0 aliphatic rings. The normalized spacial score (nSPS) is 16.8. The number of benzene rings is 9. The molecule has 10 aromatic rings. The van der Waals surface area contributed by atoms with E-state index in [4.69, 9.17) is 23.6 Å². The molecule has 0 fully saturated rings. The molecule has 1 heterocycles. The molecule has 0 radical (unpaired) electrons. The molecule has 0 amide bonds. The highest BCUT2D eigenvalue weighted by atomic mass is 16.3. The van der Waals surface area contributed by atoms with E-state index in [9.17, 15) is 5.48 Å². The van der Waals surface area contributed by atoms with Gasteiger partial charge in [-0.05, 0) is 83.5 Å². The maximum Gasteiger partial charge on any atom is 0.143 e. The summed E-state index contributed by atoms with van der Waals surface area (Å²) in [7, 11) is 0. The standard InChI is InChI=1S/C48H30O/c1-3-15-31(16-4-1)33-27-28-44-43(29-33)47(48(49-44)42-30-34-19-7-8-20-35(34)36-21-9-10-22-37(36)42)46-40-25-13-11-23-38(40)45(32-17-5-2-6-18-32)39-24-12-14-26-41(39)46/h1-30H/i1D,2D,3D,4D,5D,6D,11D,12D,13D,14D,15D,16D,17D,18D,23D,24D,25D,26D. The van der Waals surface area contributed by atoms with Gasteiger partial charge in [-0.3, -0.25) is 0 Å². The highest BCUT2D eigenvalue weighted by molar-refractivity contribution is 6.26. The number of rotatable bonds is 4. The van der Waals surface area contributed by atoms with E-state index in [0.29, 0.717) is 10.9 Å². The zero-order chi connectivity index (χ0) is 48.0. The van der Waals surface area contributed by atoms with Gasteiger partial charge in [0.2, 0.25) is 0 Å². The first kappa shape index (κ1) is 15.2. The highest BCUT2D eigenvalue weighted by Gasteiger charge is 2.25. The van der Waals surface area contributed by atoms with Crippen LogP contribution in [-0.4, -0.2) is 0 Å². The molecule has 228 valence electrons. The number of hydrogen-bond donors (Lipinski definition) is 0. The molecule has 0 saturated carbocycles. The monoisotopic (exact) mass is 640 g/mol. The van der Waals surface area contributed by atoms with Crippen LogP contribution < -0.4 is 0 Å². The van der Waals surface area contributed by atoms with Crippen molar-refractivity contribution in [3.05, 3.63) is 182 Å². The fourth-order valence-corrected chi connectivity index (χ4v) is 6.83. The molecule has 1 nitrogen and oxygen atoms in total. The van der Waals surface area contributed by atoms with Gasteiger partial charge in [0.05, 0.1) is 24.7 Å². The SMILES string of the molecule is [2H]c1c([2H])c([2H])c(-c2ccc3oc(-c4cc5ccccc5c5ccccc45)c(-c4c5c([2H])c([2H])c([2H])c([2H])c5c(-c5c([2H])c([2H])c([2H])c([2H])c5[2H])c5c([2H])c([2H])c([2H])c([2H])c45)c3c2)c([2H])c1[2H]. The van der Waals surface area contributed by atoms with Crippen LogP contribution in [0, 0.1) is 0 Å². The van der Waals surface area contributed by atoms with E-state index in [0.717, 1.165) is 16.2 Å². The van der Waals surface area contributed by atoms with Crippen molar-refractivity contribution in [1.82, 2.24) is 0 Å². The lowest BCUT2D eigenvalue weighted by Gasteiger charge is -2.18. The van der Waals surface area contributed by atoms with Gasteiger partial charge in [-0.25, -0.2) is 0 Å². The molecule has 49 heavy (non-hydrogen) atoms. The average molecular weight is 641 g/mol. The third-order valence-corrected chi connectivity index (χ3v) is 8.86. The van der Waals surface area contributed by atoms with Crippen molar-refractivity contribution in [3.8, 4) is 44.7 Å². The number of furan rings is 1. The Labute approximate surface area is 309 Å². The van der Waals surface area contributed by atoms with Crippen molar-refractivity contribution in [3.63, 3.8) is 0 Å². The molecule has 0 saturated heterocycles. The predicted octanol–water partition coefficient (Wildman–Crippen LogP) is 13.7. The van der Waals surface area contributed by atoms with Crippen LogP contribution in [0.2, 0.25) is 0 Å². The van der Waals surface area contributed by atoms with Crippen LogP contribution in [0.4, 0.5) is 0 Å². The van der Waals surface area contributed by atoms with Crippen LogP contribution in [-0.2, 0) is 0 Å². The lowest BCUT2D eigenvalue weighted by molar-refractivity contribution is 0.633. The van der Waals surface area contributed by atoms with Gasteiger partial charge >= 0.3 is 0 Å². The Morgan fingerprint density at radius 2 is 0.918 bits per heavy atom. The molecule has 0 bridgehead atoms. The molecule has 0 N–H and O–H groups in total. The predicted molar refractivity (Wildman–Crippen MR) is 208 cm³/mol. The molecular weight excluding hydrogens is 593 g/mol. The van der Waals surface area contributed by atoms with Crippen molar-refractivity contribution in [2.45, 2.75) is 0 Å². The molecule has 0 aliphatic heterocycles. The maximum absolute atomic E-state index is 9.65. The van der Waals surface area contributed by atoms with Gasteiger partial charge in [-0.2, -0.15) is 0 Å². The van der Waals surface area contributed by atoms with Crippen LogP contribution in [0.3, 0.4) is 0 Å². The minimum atomic E-state index is -0.797. The van der Waals surface area contributed by atoms with Crippen molar-refractivity contribution in [2.24, 2.45) is 0 Å². The molecule has 10 rings (SSSR count). The van der Waals surface area contributed by atoms with Crippen molar-refractivity contribution in [2.75, 3.05) is 0 Å². The minimum Gasteiger partial charge on any atom is -0.455 e. The van der Waals surface area contributed by atoms with Gasteiger partial charge in [-0.1, -0.05) is 163 Å². The Morgan fingerprint density at radius 1 is 0.367 bits per heavy atom. The van der Waals surface area contributed by atoms with Crippen molar-refractivity contribution < 1.29 is 29.1 Å². The molecule has 0 atom stereocenters. The van der Waals surface area contributed by atoms with Crippen LogP contribution >= 0.6 is 0 Å². The first-order chi connectivity index (χ1) is 31.8. The Bertz CT molecular complexity index is 3770. The number of hydrogen-bond acceptors (Lipinski definition) is 1. The van der Waals surface area contributed by atoms with Gasteiger partial charge in [0.1, 0.15) is 11.3 Å². The van der Waals surface area contributed by atoms with Gasteiger partial charge in [0.15, 0.2) is 0 Å². The molecule has 1 aromatic heterocycles. The van der Waals surface area contributed by atoms with Crippen molar-refractivity contribution >= 4 is 54.1 Å². The summed E-state index contributed by atoms with van der Waals surface area (Å²) in [4.78, 5) is 0. The lowest BCUT2D eigenvalue weighted by atomic mass is 9.84. The Kier molecular flexibility index (Phi) is 3.43. The summed E-state index contributed by atoms with van der Waals surface area (Å²) >= 11 is 0. The quantitative estimate of drug-likeness (QED) is 0.138. The van der Waals surface area contributed by atoms with Gasteiger partial charge < -0.3 is 4.42 Å². The van der Waals surface area contributed by atoms with E-state index in [2.05, 4.69) is 0 Å². The first-order valence-corrected chi connectivity index (χ1v) is 15.4. The second-order valence-electron chi connectivity index (χ2n) is 11.5. The minimum absolute atomic E-state index is 0.0299. The Balaban J connectivity index is 1.54. The van der Waals surface area contributed by atoms with Crippen LogP contribution in [0.25, 0.3) is 98.8 Å². The lowest BCUT2D eigenvalue weighted by Crippen LogP contribution is -1.92. The zero-order valence-corrected chi connectivity index (χ0v) is 25.3. The molecule has 9 aromatic carbocycles. The van der Waals surface area contributed by atoms with Gasteiger partial charge in [-0.15, -0.1) is 0 Å². The molecular formula is C48H30O. The maximum atomic E-state index is 9.65. The molecule has 0 spiro atoms. The Hall–Kier alpha value is -6.44. The van der Waals surface area contributed by atoms with Crippen LogP contribution in [0.15, 0.2) is 186 Å². The van der Waals surface area contributed by atoms with E-state index in [1.165, 1.54) is 18.2 Å². The first-order valence-electron chi connectivity index (χ1n) is 24.4. The average Bonchev–Trinajstić information content (AvgIpc) is 3.71. The zero-order valence-electron chi connectivity index (χ0n) is 43.3. The fourth-order valence-electron chi connectivity index (χ4n) is 6.83. The Morgan fingerprint density at radius 3 is 1.59 bits per heavy atom. The van der Waals surface area contributed by atoms with E-state index < -0.39 is 131 Å². The fraction of sp³-hybridized carbons (Fsp3) is 0. The molecule has 1 heteroatoms. The topological polar surface area (TPSA) is 13.1 Å². The van der Waals surface area contributed by atoms with E-state index in [1.54, 1.807) is 0 Å². The van der Waals surface area contributed by atoms with Gasteiger partial charge in [0.25, 0.3) is 0 Å². The molecule has 0 unspecified atom stereocenters. The highest BCUT2D eigenvalue weighted by Crippen LogP contribution is 2.51. The third-order valence-electron chi connectivity index (χ3n) is 8.86. The van der Waals surface area contributed by atoms with Crippen LogP contribution in [0.5, 0.6) is 0 Å². The second kappa shape index (κ2) is 11.1.